The molecule has 9 heteroatoms. The number of hydrogen-bond acceptors (Lipinski definition) is 7. The van der Waals surface area contributed by atoms with Crippen LogP contribution in [0.15, 0.2) is 22.6 Å². The molecule has 2 heterocycles. The van der Waals surface area contributed by atoms with Gasteiger partial charge in [-0.05, 0) is 45.9 Å². The maximum atomic E-state index is 12.7. The lowest BCUT2D eigenvalue weighted by atomic mass is 10.1. The van der Waals surface area contributed by atoms with Gasteiger partial charge in [-0.2, -0.15) is 5.26 Å². The van der Waals surface area contributed by atoms with Crippen molar-refractivity contribution in [3.8, 4) is 6.07 Å². The summed E-state index contributed by atoms with van der Waals surface area (Å²) in [6.45, 7) is 6.68. The smallest absolute Gasteiger partial charge is 0.342 e. The van der Waals surface area contributed by atoms with Crippen molar-refractivity contribution in [2.45, 2.75) is 33.2 Å². The Kier molecular flexibility index (Phi) is 4.96. The van der Waals surface area contributed by atoms with E-state index in [-0.39, 0.29) is 39.5 Å². The van der Waals surface area contributed by atoms with Crippen molar-refractivity contribution in [3.63, 3.8) is 0 Å². The van der Waals surface area contributed by atoms with Crippen LogP contribution in [-0.4, -0.2) is 41.2 Å². The number of ether oxygens (including phenoxy) is 1. The van der Waals surface area contributed by atoms with Crippen LogP contribution in [0.5, 0.6) is 0 Å². The zero-order valence-electron chi connectivity index (χ0n) is 17.1. The van der Waals surface area contributed by atoms with E-state index in [1.165, 1.54) is 25.1 Å². The van der Waals surface area contributed by atoms with E-state index in [0.717, 1.165) is 12.0 Å². The van der Waals surface area contributed by atoms with Crippen LogP contribution in [0.2, 0.25) is 0 Å². The number of fused-ring (bicyclic) bond motifs is 1. The fraction of sp³-hybridized carbons (Fsp3) is 0.286. The van der Waals surface area contributed by atoms with Gasteiger partial charge in [-0.3, -0.25) is 24.6 Å². The third-order valence-corrected chi connectivity index (χ3v) is 4.63. The van der Waals surface area contributed by atoms with Gasteiger partial charge in [-0.1, -0.05) is 0 Å². The minimum absolute atomic E-state index is 0.0779. The summed E-state index contributed by atoms with van der Waals surface area (Å²) < 4.78 is 10.00. The Morgan fingerprint density at radius 1 is 1.17 bits per heavy atom. The molecule has 0 radical (unpaired) electrons. The van der Waals surface area contributed by atoms with Crippen molar-refractivity contribution >= 4 is 29.6 Å². The Morgan fingerprint density at radius 3 is 2.37 bits per heavy atom. The highest BCUT2D eigenvalue weighted by atomic mass is 16.5. The second-order valence-electron chi connectivity index (χ2n) is 7.67. The Morgan fingerprint density at radius 2 is 1.80 bits per heavy atom. The number of benzene rings is 1. The molecule has 1 aromatic carbocycles. The van der Waals surface area contributed by atoms with Crippen LogP contribution in [0.1, 0.15) is 73.5 Å². The Balaban J connectivity index is 1.94. The van der Waals surface area contributed by atoms with Gasteiger partial charge >= 0.3 is 5.97 Å². The molecule has 0 saturated carbocycles. The highest BCUT2D eigenvalue weighted by Gasteiger charge is 2.42. The number of imide groups is 1. The largest absolute Gasteiger partial charge is 0.465 e. The third kappa shape index (κ3) is 3.22. The number of anilines is 1. The Labute approximate surface area is 172 Å². The van der Waals surface area contributed by atoms with Crippen LogP contribution >= 0.6 is 0 Å². The van der Waals surface area contributed by atoms with E-state index in [0.29, 0.717) is 0 Å². The van der Waals surface area contributed by atoms with Crippen molar-refractivity contribution in [1.82, 2.24) is 4.90 Å². The van der Waals surface area contributed by atoms with E-state index in [4.69, 9.17) is 4.42 Å². The van der Waals surface area contributed by atoms with Gasteiger partial charge in [0.1, 0.15) is 23.0 Å². The number of nitrogens with one attached hydrogen (secondary N) is 1. The molecule has 30 heavy (non-hydrogen) atoms. The third-order valence-electron chi connectivity index (χ3n) is 4.63. The summed E-state index contributed by atoms with van der Waals surface area (Å²) >= 11 is 0. The summed E-state index contributed by atoms with van der Waals surface area (Å²) in [5, 5.41) is 11.8. The molecule has 3 rings (SSSR count). The molecule has 1 aromatic heterocycles. The van der Waals surface area contributed by atoms with Gasteiger partial charge in [0.2, 0.25) is 5.88 Å². The van der Waals surface area contributed by atoms with Crippen molar-refractivity contribution in [2.75, 3.05) is 12.4 Å². The monoisotopic (exact) mass is 409 g/mol. The van der Waals surface area contributed by atoms with Crippen molar-refractivity contribution in [3.05, 3.63) is 51.8 Å². The van der Waals surface area contributed by atoms with Crippen LogP contribution in [0.3, 0.4) is 0 Å². The van der Waals surface area contributed by atoms with Gasteiger partial charge in [0.05, 0.1) is 18.2 Å². The van der Waals surface area contributed by atoms with Crippen molar-refractivity contribution in [2.24, 2.45) is 0 Å². The molecule has 1 aliphatic rings. The Hall–Kier alpha value is -3.93. The van der Waals surface area contributed by atoms with E-state index in [1.807, 2.05) is 6.07 Å². The minimum atomic E-state index is -0.766. The quantitative estimate of drug-likeness (QED) is 0.609. The van der Waals surface area contributed by atoms with Gasteiger partial charge in [-0.15, -0.1) is 0 Å². The van der Waals surface area contributed by atoms with Gasteiger partial charge in [0.15, 0.2) is 0 Å². The number of furan rings is 1. The number of carbonyl (C=O) groups is 4. The summed E-state index contributed by atoms with van der Waals surface area (Å²) in [6, 6.07) is 5.95. The first-order chi connectivity index (χ1) is 14.0. The zero-order valence-corrected chi connectivity index (χ0v) is 17.1. The number of hydrogen-bond donors (Lipinski definition) is 1. The summed E-state index contributed by atoms with van der Waals surface area (Å²) in [4.78, 5) is 51.0. The number of methoxy groups -OCH3 is 1. The average molecular weight is 409 g/mol. The van der Waals surface area contributed by atoms with Crippen LogP contribution in [0, 0.1) is 18.3 Å². The molecular formula is C21H19N3O6. The fourth-order valence-electron chi connectivity index (χ4n) is 3.25. The van der Waals surface area contributed by atoms with Crippen molar-refractivity contribution < 1.29 is 28.3 Å². The van der Waals surface area contributed by atoms with E-state index in [9.17, 15) is 24.4 Å². The number of carbonyl (C=O) groups excluding carboxylic acids is 4. The topological polar surface area (TPSA) is 130 Å². The molecule has 9 nitrogen and oxygen atoms in total. The number of nitriles is 1. The van der Waals surface area contributed by atoms with E-state index in [2.05, 4.69) is 10.1 Å². The summed E-state index contributed by atoms with van der Waals surface area (Å²) in [7, 11) is 1.16. The molecule has 0 aliphatic carbocycles. The van der Waals surface area contributed by atoms with E-state index >= 15 is 0 Å². The number of rotatable bonds is 3. The Bertz CT molecular complexity index is 1150. The first-order valence-corrected chi connectivity index (χ1v) is 8.97. The predicted molar refractivity (Wildman–Crippen MR) is 104 cm³/mol. The molecule has 3 amide bonds. The lowest BCUT2D eigenvalue weighted by Crippen LogP contribution is -2.45. The second-order valence-corrected chi connectivity index (χ2v) is 7.67. The number of amides is 3. The molecule has 154 valence electrons. The molecule has 0 spiro atoms. The van der Waals surface area contributed by atoms with Gasteiger partial charge in [-0.25, -0.2) is 4.79 Å². The predicted octanol–water partition coefficient (Wildman–Crippen LogP) is 2.89. The molecular weight excluding hydrogens is 390 g/mol. The summed E-state index contributed by atoms with van der Waals surface area (Å²) in [5.41, 5.74) is -0.541. The van der Waals surface area contributed by atoms with Crippen LogP contribution in [0.25, 0.3) is 0 Å². The fourth-order valence-corrected chi connectivity index (χ4v) is 3.25. The first kappa shape index (κ1) is 20.8. The van der Waals surface area contributed by atoms with Crippen LogP contribution in [0.4, 0.5) is 5.88 Å². The van der Waals surface area contributed by atoms with Gasteiger partial charge in [0, 0.05) is 11.1 Å². The zero-order chi connectivity index (χ0) is 22.4. The lowest BCUT2D eigenvalue weighted by molar-refractivity contribution is 0.0506. The van der Waals surface area contributed by atoms with Crippen LogP contribution in [-0.2, 0) is 4.74 Å². The maximum Gasteiger partial charge on any atom is 0.342 e. The molecule has 0 saturated heterocycles. The molecule has 0 unspecified atom stereocenters. The summed E-state index contributed by atoms with van der Waals surface area (Å²) in [6.07, 6.45) is 0. The highest BCUT2D eigenvalue weighted by molar-refractivity contribution is 6.22. The van der Waals surface area contributed by atoms with Gasteiger partial charge < -0.3 is 9.15 Å². The van der Waals surface area contributed by atoms with E-state index < -0.39 is 29.2 Å². The molecule has 2 aromatic rings. The number of nitrogens with zero attached hydrogens (tertiary/aromatic N) is 2. The second kappa shape index (κ2) is 7.15. The van der Waals surface area contributed by atoms with Crippen LogP contribution < -0.4 is 5.32 Å². The number of aryl methyl sites for hydroxylation is 1. The molecule has 0 fully saturated rings. The van der Waals surface area contributed by atoms with E-state index in [1.54, 1.807) is 20.8 Å². The van der Waals surface area contributed by atoms with Crippen molar-refractivity contribution in [1.29, 1.82) is 5.26 Å². The summed E-state index contributed by atoms with van der Waals surface area (Å²) in [5.74, 6) is -2.45. The minimum Gasteiger partial charge on any atom is -0.465 e. The van der Waals surface area contributed by atoms with Gasteiger partial charge in [0.25, 0.3) is 17.7 Å². The highest BCUT2D eigenvalue weighted by Crippen LogP contribution is 2.31. The molecule has 1 N–H and O–H groups in total. The first-order valence-electron chi connectivity index (χ1n) is 8.97. The average Bonchev–Trinajstić information content (AvgIpc) is 3.13. The molecule has 1 aliphatic heterocycles. The normalized spacial score (nSPS) is 13.1. The molecule has 0 bridgehead atoms. The SMILES string of the molecule is COC(=O)c1c(C)oc(NC(=O)c2ccc3c(c2)C(=O)N(C(C)(C)C)C3=O)c1C#N. The maximum absolute atomic E-state index is 12.7. The standard InChI is InChI=1S/C21H19N3O6/c1-10-15(20(28)29-5)14(9-22)17(30-10)23-16(25)11-6-7-12-13(8-11)19(27)24(18(12)26)21(2,3)4/h6-8H,1-5H3,(H,23,25). The lowest BCUT2D eigenvalue weighted by Gasteiger charge is -2.29. The number of esters is 1. The molecule has 0 atom stereocenters.